The zero-order chi connectivity index (χ0) is 14.9. The number of halogens is 4. The van der Waals surface area contributed by atoms with Gasteiger partial charge in [0.25, 0.3) is 0 Å². The summed E-state index contributed by atoms with van der Waals surface area (Å²) in [6.45, 7) is 3.69. The smallest absolute Gasteiger partial charge is 0.233 e. The van der Waals surface area contributed by atoms with E-state index in [0.717, 1.165) is 23.4 Å². The maximum atomic E-state index is 12.7. The summed E-state index contributed by atoms with van der Waals surface area (Å²) >= 11 is 6.00. The highest BCUT2D eigenvalue weighted by molar-refractivity contribution is 6.30. The predicted molar refractivity (Wildman–Crippen MR) is 71.6 cm³/mol. The molecule has 1 aromatic heterocycles. The van der Waals surface area contributed by atoms with Crippen molar-refractivity contribution in [2.75, 3.05) is 0 Å². The van der Waals surface area contributed by atoms with E-state index in [1.807, 2.05) is 6.92 Å². The fraction of sp³-hybridized carbons (Fsp3) is 0.286. The standard InChI is InChI=1S/C14H12ClF3N2/c1-3-11-8(2)12(15)20-13(19-11)9-5-4-6-10(7-9)14(16,17)18/h4-7H,3H2,1-2H3. The van der Waals surface area contributed by atoms with Crippen molar-refractivity contribution in [1.82, 2.24) is 9.97 Å². The van der Waals surface area contributed by atoms with Gasteiger partial charge in [0, 0.05) is 16.8 Å². The van der Waals surface area contributed by atoms with Crippen molar-refractivity contribution >= 4 is 11.6 Å². The number of rotatable bonds is 2. The third-order valence-electron chi connectivity index (χ3n) is 2.97. The zero-order valence-electron chi connectivity index (χ0n) is 10.9. The van der Waals surface area contributed by atoms with Gasteiger partial charge in [-0.2, -0.15) is 13.2 Å². The van der Waals surface area contributed by atoms with Crippen LogP contribution in [0, 0.1) is 6.92 Å². The van der Waals surface area contributed by atoms with Crippen LogP contribution in [0.15, 0.2) is 24.3 Å². The molecule has 0 unspecified atom stereocenters. The van der Waals surface area contributed by atoms with Crippen molar-refractivity contribution in [3.8, 4) is 11.4 Å². The molecule has 0 bridgehead atoms. The molecule has 0 radical (unpaired) electrons. The van der Waals surface area contributed by atoms with Crippen molar-refractivity contribution in [2.24, 2.45) is 0 Å². The maximum Gasteiger partial charge on any atom is 0.416 e. The van der Waals surface area contributed by atoms with Gasteiger partial charge in [-0.15, -0.1) is 0 Å². The highest BCUT2D eigenvalue weighted by atomic mass is 35.5. The Bertz CT molecular complexity index is 639. The number of benzene rings is 1. The number of hydrogen-bond donors (Lipinski definition) is 0. The second kappa shape index (κ2) is 5.40. The topological polar surface area (TPSA) is 25.8 Å². The Morgan fingerprint density at radius 2 is 1.90 bits per heavy atom. The Labute approximate surface area is 119 Å². The summed E-state index contributed by atoms with van der Waals surface area (Å²) in [6, 6.07) is 4.91. The van der Waals surface area contributed by atoms with Gasteiger partial charge < -0.3 is 0 Å². The van der Waals surface area contributed by atoms with Crippen LogP contribution in [-0.2, 0) is 12.6 Å². The maximum absolute atomic E-state index is 12.7. The van der Waals surface area contributed by atoms with Crippen LogP contribution in [0.1, 0.15) is 23.7 Å². The highest BCUT2D eigenvalue weighted by Crippen LogP contribution is 2.32. The Morgan fingerprint density at radius 3 is 2.50 bits per heavy atom. The van der Waals surface area contributed by atoms with E-state index < -0.39 is 11.7 Å². The third kappa shape index (κ3) is 2.93. The van der Waals surface area contributed by atoms with Crippen molar-refractivity contribution in [2.45, 2.75) is 26.4 Å². The van der Waals surface area contributed by atoms with Gasteiger partial charge in [-0.3, -0.25) is 0 Å². The summed E-state index contributed by atoms with van der Waals surface area (Å²) in [6.07, 6.45) is -3.75. The molecule has 0 aliphatic rings. The predicted octanol–water partition coefficient (Wildman–Crippen LogP) is 4.69. The molecule has 0 aliphatic carbocycles. The lowest BCUT2D eigenvalue weighted by Crippen LogP contribution is -2.05. The van der Waals surface area contributed by atoms with Crippen LogP contribution in [0.25, 0.3) is 11.4 Å². The summed E-state index contributed by atoms with van der Waals surface area (Å²) in [5, 5.41) is 0.268. The lowest BCUT2D eigenvalue weighted by atomic mass is 10.1. The first-order valence-electron chi connectivity index (χ1n) is 6.03. The van der Waals surface area contributed by atoms with Gasteiger partial charge in [0.1, 0.15) is 5.15 Å². The molecule has 0 aliphatic heterocycles. The number of nitrogens with zero attached hydrogens (tertiary/aromatic N) is 2. The number of hydrogen-bond acceptors (Lipinski definition) is 2. The Hall–Kier alpha value is -1.62. The average molecular weight is 301 g/mol. The number of aromatic nitrogens is 2. The van der Waals surface area contributed by atoms with Crippen LogP contribution in [0.2, 0.25) is 5.15 Å². The first kappa shape index (κ1) is 14.8. The molecule has 0 fully saturated rings. The second-order valence-electron chi connectivity index (χ2n) is 4.34. The molecule has 0 saturated carbocycles. The lowest BCUT2D eigenvalue weighted by Gasteiger charge is -2.10. The van der Waals surface area contributed by atoms with E-state index in [4.69, 9.17) is 11.6 Å². The highest BCUT2D eigenvalue weighted by Gasteiger charge is 2.30. The van der Waals surface area contributed by atoms with E-state index in [0.29, 0.717) is 12.0 Å². The van der Waals surface area contributed by atoms with Gasteiger partial charge in [-0.1, -0.05) is 30.7 Å². The van der Waals surface area contributed by atoms with Gasteiger partial charge in [0.05, 0.1) is 5.56 Å². The molecule has 0 atom stereocenters. The average Bonchev–Trinajstić information content (AvgIpc) is 2.41. The minimum atomic E-state index is -4.39. The van der Waals surface area contributed by atoms with Gasteiger partial charge >= 0.3 is 6.18 Å². The fourth-order valence-electron chi connectivity index (χ4n) is 1.84. The van der Waals surface area contributed by atoms with Crippen LogP contribution in [0.3, 0.4) is 0 Å². The Morgan fingerprint density at radius 1 is 1.20 bits per heavy atom. The van der Waals surface area contributed by atoms with E-state index in [2.05, 4.69) is 9.97 Å². The molecule has 2 rings (SSSR count). The largest absolute Gasteiger partial charge is 0.416 e. The molecule has 20 heavy (non-hydrogen) atoms. The van der Waals surface area contributed by atoms with E-state index in [9.17, 15) is 13.2 Å². The van der Waals surface area contributed by atoms with Crippen LogP contribution >= 0.6 is 11.6 Å². The van der Waals surface area contributed by atoms with E-state index in [-0.39, 0.29) is 11.0 Å². The molecule has 0 amide bonds. The summed E-state index contributed by atoms with van der Waals surface area (Å²) in [5.41, 5.74) is 1.06. The quantitative estimate of drug-likeness (QED) is 0.752. The first-order valence-corrected chi connectivity index (χ1v) is 6.41. The van der Waals surface area contributed by atoms with Crippen LogP contribution < -0.4 is 0 Å². The summed E-state index contributed by atoms with van der Waals surface area (Å²) in [4.78, 5) is 8.34. The molecule has 2 aromatic rings. The van der Waals surface area contributed by atoms with Crippen LogP contribution in [-0.4, -0.2) is 9.97 Å². The Balaban J connectivity index is 2.55. The minimum absolute atomic E-state index is 0.212. The van der Waals surface area contributed by atoms with Crippen molar-refractivity contribution < 1.29 is 13.2 Å². The molecule has 0 saturated heterocycles. The van der Waals surface area contributed by atoms with Gasteiger partial charge in [-0.05, 0) is 25.5 Å². The SMILES string of the molecule is CCc1nc(-c2cccc(C(F)(F)F)c2)nc(Cl)c1C. The summed E-state index contributed by atoms with van der Waals surface area (Å²) in [7, 11) is 0. The number of alkyl halides is 3. The van der Waals surface area contributed by atoms with Crippen molar-refractivity contribution in [3.05, 3.63) is 46.2 Å². The van der Waals surface area contributed by atoms with Gasteiger partial charge in [0.15, 0.2) is 5.82 Å². The molecule has 2 nitrogen and oxygen atoms in total. The molecule has 6 heteroatoms. The van der Waals surface area contributed by atoms with Crippen LogP contribution in [0.4, 0.5) is 13.2 Å². The van der Waals surface area contributed by atoms with Gasteiger partial charge in [-0.25, -0.2) is 9.97 Å². The fourth-order valence-corrected chi connectivity index (χ4v) is 2.03. The molecule has 0 N–H and O–H groups in total. The zero-order valence-corrected chi connectivity index (χ0v) is 11.7. The third-order valence-corrected chi connectivity index (χ3v) is 3.34. The second-order valence-corrected chi connectivity index (χ2v) is 4.70. The van der Waals surface area contributed by atoms with Gasteiger partial charge in [0.2, 0.25) is 0 Å². The molecule has 1 heterocycles. The van der Waals surface area contributed by atoms with E-state index >= 15 is 0 Å². The lowest BCUT2D eigenvalue weighted by molar-refractivity contribution is -0.137. The van der Waals surface area contributed by atoms with Crippen LogP contribution in [0.5, 0.6) is 0 Å². The molecule has 1 aromatic carbocycles. The monoisotopic (exact) mass is 300 g/mol. The van der Waals surface area contributed by atoms with Crippen molar-refractivity contribution in [1.29, 1.82) is 0 Å². The molecule has 106 valence electrons. The molecule has 0 spiro atoms. The minimum Gasteiger partial charge on any atom is -0.233 e. The van der Waals surface area contributed by atoms with E-state index in [1.165, 1.54) is 12.1 Å². The number of aryl methyl sites for hydroxylation is 1. The normalized spacial score (nSPS) is 11.7. The molecular weight excluding hydrogens is 289 g/mol. The summed E-state index contributed by atoms with van der Waals surface area (Å²) in [5.74, 6) is 0.212. The first-order chi connectivity index (χ1) is 9.32. The van der Waals surface area contributed by atoms with Crippen molar-refractivity contribution in [3.63, 3.8) is 0 Å². The molecular formula is C14H12ClF3N2. The Kier molecular flexibility index (Phi) is 3.99. The summed E-state index contributed by atoms with van der Waals surface area (Å²) < 4.78 is 38.1. The van der Waals surface area contributed by atoms with E-state index in [1.54, 1.807) is 6.92 Å².